The molecule has 0 heterocycles. The Bertz CT molecular complexity index is 480. The van der Waals surface area contributed by atoms with Crippen molar-refractivity contribution in [3.63, 3.8) is 0 Å². The van der Waals surface area contributed by atoms with Crippen LogP contribution in [0.5, 0.6) is 0 Å². The first kappa shape index (κ1) is 25.6. The van der Waals surface area contributed by atoms with Gasteiger partial charge in [-0.25, -0.2) is 4.79 Å². The molecule has 0 spiro atoms. The molecule has 0 fully saturated rings. The minimum absolute atomic E-state index is 0.0261. The highest BCUT2D eigenvalue weighted by Gasteiger charge is 2.02. The number of rotatable bonds is 20. The normalized spacial score (nSPS) is 10.9. The van der Waals surface area contributed by atoms with Gasteiger partial charge in [0.05, 0.1) is 13.2 Å². The van der Waals surface area contributed by atoms with Gasteiger partial charge in [-0.15, -0.1) is 0 Å². The Hall–Kier alpha value is -1.47. The second-order valence-electron chi connectivity index (χ2n) is 6.80. The van der Waals surface area contributed by atoms with Gasteiger partial charge in [-0.2, -0.15) is 0 Å². The molecule has 6 nitrogen and oxygen atoms in total. The third-order valence-corrected chi connectivity index (χ3v) is 4.07. The van der Waals surface area contributed by atoms with Crippen LogP contribution in [0, 0.1) is 0 Å². The van der Waals surface area contributed by atoms with Crippen LogP contribution < -0.4 is 0 Å². The number of carbonyl (C=O) groups is 1. The number of esters is 1. The lowest BCUT2D eigenvalue weighted by Gasteiger charge is -2.07. The maximum Gasteiger partial charge on any atom is 0.332 e. The number of ether oxygens (including phenoxy) is 5. The first-order chi connectivity index (χ1) is 14.3. The van der Waals surface area contributed by atoms with Gasteiger partial charge in [-0.05, 0) is 37.7 Å². The molecule has 0 atom stereocenters. The van der Waals surface area contributed by atoms with Crippen LogP contribution in [0.1, 0.15) is 51.0 Å². The van der Waals surface area contributed by atoms with E-state index in [9.17, 15) is 4.79 Å². The smallest absolute Gasteiger partial charge is 0.332 e. The molecule has 1 rings (SSSR count). The molecule has 0 saturated heterocycles. The van der Waals surface area contributed by atoms with Crippen molar-refractivity contribution in [2.45, 2.75) is 52.1 Å². The second kappa shape index (κ2) is 19.8. The molecule has 0 radical (unpaired) electrons. The molecule has 0 amide bonds. The van der Waals surface area contributed by atoms with Crippen molar-refractivity contribution in [1.29, 1.82) is 0 Å². The van der Waals surface area contributed by atoms with Crippen LogP contribution >= 0.6 is 0 Å². The van der Waals surface area contributed by atoms with Gasteiger partial charge in [0.15, 0.2) is 0 Å². The van der Waals surface area contributed by atoms with Crippen molar-refractivity contribution in [2.75, 3.05) is 52.9 Å². The lowest BCUT2D eigenvalue weighted by atomic mass is 10.2. The predicted molar refractivity (Wildman–Crippen MR) is 113 cm³/mol. The van der Waals surface area contributed by atoms with E-state index in [0.717, 1.165) is 65.0 Å². The summed E-state index contributed by atoms with van der Waals surface area (Å²) in [5, 5.41) is 0. The van der Waals surface area contributed by atoms with Gasteiger partial charge in [0.1, 0.15) is 6.61 Å². The summed E-state index contributed by atoms with van der Waals surface area (Å²) in [5.41, 5.74) is 1.20. The molecule has 0 aliphatic rings. The van der Waals surface area contributed by atoms with E-state index in [-0.39, 0.29) is 12.6 Å². The zero-order valence-corrected chi connectivity index (χ0v) is 17.9. The van der Waals surface area contributed by atoms with Crippen molar-refractivity contribution < 1.29 is 28.5 Å². The summed E-state index contributed by atoms with van der Waals surface area (Å²) in [6, 6.07) is 10.2. The predicted octanol–water partition coefficient (Wildman–Crippen LogP) is 4.16. The lowest BCUT2D eigenvalue weighted by molar-refractivity contribution is -0.149. The van der Waals surface area contributed by atoms with Crippen LogP contribution in [0.3, 0.4) is 0 Å². The van der Waals surface area contributed by atoms with Crippen molar-refractivity contribution in [1.82, 2.24) is 0 Å². The fourth-order valence-corrected chi connectivity index (χ4v) is 2.43. The molecule has 0 saturated carbocycles. The Labute approximate surface area is 175 Å². The molecule has 6 heteroatoms. The average molecular weight is 411 g/mol. The first-order valence-corrected chi connectivity index (χ1v) is 10.8. The highest BCUT2D eigenvalue weighted by atomic mass is 16.6. The standard InChI is InChI=1S/C23H38O6/c1-2-3-19-29-23(24)21-28-18-10-16-26-14-8-7-13-25-15-9-17-27-20-22-11-5-4-6-12-22/h4-6,11-12H,2-3,7-10,13-21H2,1H3. The first-order valence-electron chi connectivity index (χ1n) is 10.8. The zero-order valence-electron chi connectivity index (χ0n) is 17.9. The van der Waals surface area contributed by atoms with Crippen LogP contribution in [-0.4, -0.2) is 58.8 Å². The molecule has 1 aromatic rings. The largest absolute Gasteiger partial charge is 0.464 e. The van der Waals surface area contributed by atoms with Gasteiger partial charge in [-0.1, -0.05) is 43.7 Å². The van der Waals surface area contributed by atoms with E-state index in [0.29, 0.717) is 26.4 Å². The summed E-state index contributed by atoms with van der Waals surface area (Å²) in [6.07, 6.45) is 5.58. The fraction of sp³-hybridized carbons (Fsp3) is 0.696. The van der Waals surface area contributed by atoms with E-state index in [2.05, 4.69) is 19.1 Å². The van der Waals surface area contributed by atoms with Crippen LogP contribution in [0.15, 0.2) is 30.3 Å². The minimum Gasteiger partial charge on any atom is -0.464 e. The molecule has 0 bridgehead atoms. The van der Waals surface area contributed by atoms with E-state index in [1.54, 1.807) is 0 Å². The van der Waals surface area contributed by atoms with E-state index >= 15 is 0 Å². The van der Waals surface area contributed by atoms with Gasteiger partial charge in [-0.3, -0.25) is 0 Å². The van der Waals surface area contributed by atoms with Crippen molar-refractivity contribution >= 4 is 5.97 Å². The SMILES string of the molecule is CCCCOC(=O)COCCCOCCCCOCCCOCc1ccccc1. The highest BCUT2D eigenvalue weighted by molar-refractivity contribution is 5.70. The van der Waals surface area contributed by atoms with E-state index in [1.807, 2.05) is 18.2 Å². The molecule has 1 aromatic carbocycles. The lowest BCUT2D eigenvalue weighted by Crippen LogP contribution is -2.14. The Balaban J connectivity index is 1.71. The van der Waals surface area contributed by atoms with Crippen LogP contribution in [0.2, 0.25) is 0 Å². The van der Waals surface area contributed by atoms with Crippen molar-refractivity contribution in [2.24, 2.45) is 0 Å². The molecule has 0 unspecified atom stereocenters. The third kappa shape index (κ3) is 17.1. The molecule has 0 aromatic heterocycles. The van der Waals surface area contributed by atoms with Gasteiger partial charge < -0.3 is 23.7 Å². The quantitative estimate of drug-likeness (QED) is 0.238. The highest BCUT2D eigenvalue weighted by Crippen LogP contribution is 2.01. The summed E-state index contributed by atoms with van der Waals surface area (Å²) in [6.45, 7) is 7.31. The Morgan fingerprint density at radius 3 is 1.93 bits per heavy atom. The summed E-state index contributed by atoms with van der Waals surface area (Å²) in [5.74, 6) is -0.290. The summed E-state index contributed by atoms with van der Waals surface area (Å²) >= 11 is 0. The molecule has 0 N–H and O–H groups in total. The molecule has 166 valence electrons. The Morgan fingerprint density at radius 1 is 0.690 bits per heavy atom. The average Bonchev–Trinajstić information content (AvgIpc) is 2.74. The zero-order chi connectivity index (χ0) is 20.8. The molecular formula is C23H38O6. The van der Waals surface area contributed by atoms with Gasteiger partial charge >= 0.3 is 5.97 Å². The summed E-state index contributed by atoms with van der Waals surface area (Å²) in [4.78, 5) is 11.3. The van der Waals surface area contributed by atoms with E-state index < -0.39 is 0 Å². The number of hydrogen-bond acceptors (Lipinski definition) is 6. The molecule has 0 aliphatic carbocycles. The second-order valence-corrected chi connectivity index (χ2v) is 6.80. The van der Waals surface area contributed by atoms with Crippen molar-refractivity contribution in [3.8, 4) is 0 Å². The maximum atomic E-state index is 11.3. The number of carbonyl (C=O) groups excluding carboxylic acids is 1. The number of hydrogen-bond donors (Lipinski definition) is 0. The van der Waals surface area contributed by atoms with E-state index in [1.165, 1.54) is 5.56 Å². The minimum atomic E-state index is -0.290. The monoisotopic (exact) mass is 410 g/mol. The number of benzene rings is 1. The molecule has 0 aliphatic heterocycles. The van der Waals surface area contributed by atoms with Crippen molar-refractivity contribution in [3.05, 3.63) is 35.9 Å². The molecule has 29 heavy (non-hydrogen) atoms. The summed E-state index contributed by atoms with van der Waals surface area (Å²) < 4.78 is 27.0. The maximum absolute atomic E-state index is 11.3. The fourth-order valence-electron chi connectivity index (χ4n) is 2.43. The Kier molecular flexibility index (Phi) is 17.5. The van der Waals surface area contributed by atoms with Crippen LogP contribution in [-0.2, 0) is 35.1 Å². The van der Waals surface area contributed by atoms with Crippen LogP contribution in [0.25, 0.3) is 0 Å². The summed E-state index contributed by atoms with van der Waals surface area (Å²) in [7, 11) is 0. The van der Waals surface area contributed by atoms with Crippen LogP contribution in [0.4, 0.5) is 0 Å². The third-order valence-electron chi connectivity index (χ3n) is 4.07. The van der Waals surface area contributed by atoms with Gasteiger partial charge in [0, 0.05) is 39.6 Å². The van der Waals surface area contributed by atoms with Gasteiger partial charge in [0.2, 0.25) is 0 Å². The van der Waals surface area contributed by atoms with Gasteiger partial charge in [0.25, 0.3) is 0 Å². The topological polar surface area (TPSA) is 63.2 Å². The Morgan fingerprint density at radius 2 is 1.28 bits per heavy atom. The van der Waals surface area contributed by atoms with E-state index in [4.69, 9.17) is 23.7 Å². The molecular weight excluding hydrogens is 372 g/mol. The number of unbranched alkanes of at least 4 members (excludes halogenated alkanes) is 2.